The number of hydrogen-bond donors (Lipinski definition) is 1. The molecule has 0 aromatic carbocycles. The fourth-order valence-electron chi connectivity index (χ4n) is 2.74. The summed E-state index contributed by atoms with van der Waals surface area (Å²) in [6, 6.07) is 0. The number of nitrogens with two attached hydrogens (primary N) is 1. The van der Waals surface area contributed by atoms with Gasteiger partial charge in [-0.25, -0.2) is 4.79 Å². The zero-order chi connectivity index (χ0) is 14.8. The number of amidine groups is 1. The summed E-state index contributed by atoms with van der Waals surface area (Å²) in [6.45, 7) is 4.05. The molecule has 1 aliphatic rings. The number of hydrogen-bond acceptors (Lipinski definition) is 3. The molecule has 1 saturated carbocycles. The van der Waals surface area contributed by atoms with Gasteiger partial charge >= 0.3 is 5.97 Å². The van der Waals surface area contributed by atoms with Crippen LogP contribution < -0.4 is 5.73 Å². The van der Waals surface area contributed by atoms with Crippen LogP contribution >= 0.6 is 0 Å². The Morgan fingerprint density at radius 2 is 2.00 bits per heavy atom. The molecule has 0 heterocycles. The van der Waals surface area contributed by atoms with E-state index in [0.717, 1.165) is 32.1 Å². The molecule has 1 rings (SSSR count). The van der Waals surface area contributed by atoms with E-state index in [1.54, 1.807) is 0 Å². The van der Waals surface area contributed by atoms with E-state index in [4.69, 9.17) is 10.6 Å². The molecule has 1 aliphatic carbocycles. The molecule has 1 fully saturated rings. The first-order valence-corrected chi connectivity index (χ1v) is 8.16. The molecule has 2 N–H and O–H groups in total. The van der Waals surface area contributed by atoms with Crippen LogP contribution in [-0.2, 0) is 9.63 Å². The maximum absolute atomic E-state index is 11.7. The summed E-state index contributed by atoms with van der Waals surface area (Å²) in [5, 5.41) is 3.81. The van der Waals surface area contributed by atoms with Crippen LogP contribution in [0.15, 0.2) is 5.16 Å². The topological polar surface area (TPSA) is 64.7 Å². The first-order chi connectivity index (χ1) is 9.63. The Labute approximate surface area is 123 Å². The van der Waals surface area contributed by atoms with Crippen LogP contribution in [0.5, 0.6) is 0 Å². The predicted octanol–water partition coefficient (Wildman–Crippen LogP) is 3.99. The van der Waals surface area contributed by atoms with Crippen molar-refractivity contribution in [1.82, 2.24) is 0 Å². The lowest BCUT2D eigenvalue weighted by molar-refractivity contribution is -0.148. The van der Waals surface area contributed by atoms with E-state index < -0.39 is 0 Å². The number of carbonyl (C=O) groups excluding carboxylic acids is 1. The minimum atomic E-state index is -0.257. The van der Waals surface area contributed by atoms with Gasteiger partial charge in [0.1, 0.15) is 5.84 Å². The molecule has 0 bridgehead atoms. The first kappa shape index (κ1) is 17.0. The second-order valence-electron chi connectivity index (χ2n) is 6.10. The lowest BCUT2D eigenvalue weighted by Crippen LogP contribution is -2.21. The van der Waals surface area contributed by atoms with Gasteiger partial charge in [0, 0.05) is 6.42 Å². The average Bonchev–Trinajstić information content (AvgIpc) is 2.46. The second kappa shape index (κ2) is 9.78. The molecule has 1 atom stereocenters. The van der Waals surface area contributed by atoms with Gasteiger partial charge in [0.05, 0.1) is 5.92 Å². The molecule has 20 heavy (non-hydrogen) atoms. The zero-order valence-corrected chi connectivity index (χ0v) is 13.1. The van der Waals surface area contributed by atoms with Crippen molar-refractivity contribution in [2.45, 2.75) is 78.1 Å². The van der Waals surface area contributed by atoms with Crippen molar-refractivity contribution in [3.05, 3.63) is 0 Å². The van der Waals surface area contributed by atoms with Crippen LogP contribution in [0.3, 0.4) is 0 Å². The average molecular weight is 282 g/mol. The monoisotopic (exact) mass is 282 g/mol. The van der Waals surface area contributed by atoms with Crippen LogP contribution in [0.25, 0.3) is 0 Å². The van der Waals surface area contributed by atoms with E-state index in [0.29, 0.717) is 11.8 Å². The van der Waals surface area contributed by atoms with Crippen molar-refractivity contribution in [2.75, 3.05) is 0 Å². The quantitative estimate of drug-likeness (QED) is 0.241. The normalized spacial score (nSPS) is 18.8. The van der Waals surface area contributed by atoms with Crippen LogP contribution in [0, 0.1) is 11.8 Å². The van der Waals surface area contributed by atoms with Gasteiger partial charge in [-0.1, -0.05) is 70.4 Å². The van der Waals surface area contributed by atoms with E-state index in [-0.39, 0.29) is 11.9 Å². The summed E-state index contributed by atoms with van der Waals surface area (Å²) in [5.74, 6) is 0.736. The van der Waals surface area contributed by atoms with Gasteiger partial charge in [-0.2, -0.15) is 0 Å². The first-order valence-electron chi connectivity index (χ1n) is 8.16. The molecule has 4 heteroatoms. The fourth-order valence-corrected chi connectivity index (χ4v) is 2.74. The molecular weight excluding hydrogens is 252 g/mol. The molecule has 4 nitrogen and oxygen atoms in total. The third-order valence-corrected chi connectivity index (χ3v) is 4.12. The predicted molar refractivity (Wildman–Crippen MR) is 82.2 cm³/mol. The summed E-state index contributed by atoms with van der Waals surface area (Å²) in [4.78, 5) is 16.7. The Morgan fingerprint density at radius 3 is 2.65 bits per heavy atom. The van der Waals surface area contributed by atoms with Crippen LogP contribution in [0.1, 0.15) is 78.1 Å². The van der Waals surface area contributed by atoms with Crippen molar-refractivity contribution in [3.8, 4) is 0 Å². The van der Waals surface area contributed by atoms with Gasteiger partial charge in [0.2, 0.25) is 0 Å². The highest BCUT2D eigenvalue weighted by molar-refractivity contribution is 5.81. The van der Waals surface area contributed by atoms with Gasteiger partial charge in [0.25, 0.3) is 0 Å². The highest BCUT2D eigenvalue weighted by Gasteiger charge is 2.17. The number of carbonyl (C=O) groups is 1. The van der Waals surface area contributed by atoms with Crippen molar-refractivity contribution < 1.29 is 9.63 Å². The Balaban J connectivity index is 2.24. The van der Waals surface area contributed by atoms with Crippen LogP contribution in [0.4, 0.5) is 0 Å². The summed E-state index contributed by atoms with van der Waals surface area (Å²) in [6.07, 6.45) is 11.3. The molecule has 116 valence electrons. The fraction of sp³-hybridized carbons (Fsp3) is 0.875. The van der Waals surface area contributed by atoms with E-state index >= 15 is 0 Å². The smallest absolute Gasteiger partial charge is 0.337 e. The summed E-state index contributed by atoms with van der Waals surface area (Å²) in [5.41, 5.74) is 5.85. The maximum Gasteiger partial charge on any atom is 0.337 e. The van der Waals surface area contributed by atoms with Crippen molar-refractivity contribution in [2.24, 2.45) is 22.7 Å². The van der Waals surface area contributed by atoms with Gasteiger partial charge < -0.3 is 10.6 Å². The van der Waals surface area contributed by atoms with Crippen LogP contribution in [-0.4, -0.2) is 11.8 Å². The van der Waals surface area contributed by atoms with Crippen molar-refractivity contribution >= 4 is 11.8 Å². The lowest BCUT2D eigenvalue weighted by atomic mass is 9.87. The Morgan fingerprint density at radius 1 is 1.30 bits per heavy atom. The second-order valence-corrected chi connectivity index (χ2v) is 6.10. The minimum Gasteiger partial charge on any atom is -0.384 e. The molecule has 0 spiro atoms. The van der Waals surface area contributed by atoms with Gasteiger partial charge in [0.15, 0.2) is 0 Å². The molecule has 0 amide bonds. The Kier molecular flexibility index (Phi) is 8.31. The van der Waals surface area contributed by atoms with E-state index in [9.17, 15) is 4.79 Å². The lowest BCUT2D eigenvalue weighted by Gasteiger charge is -2.20. The van der Waals surface area contributed by atoms with Crippen LogP contribution in [0.2, 0.25) is 0 Å². The number of nitrogens with zero attached hydrogens (tertiary/aromatic N) is 1. The van der Waals surface area contributed by atoms with Gasteiger partial charge in [-0.15, -0.1) is 0 Å². The number of unbranched alkanes of at least 4 members (excludes halogenated alkanes) is 2. The van der Waals surface area contributed by atoms with Crippen molar-refractivity contribution in [3.63, 3.8) is 0 Å². The molecule has 0 aromatic rings. The molecule has 0 saturated heterocycles. The molecule has 0 radical (unpaired) electrons. The Hall–Kier alpha value is -1.06. The molecule has 0 unspecified atom stereocenters. The standard InChI is InChI=1S/C16H30N2O2/c1-3-4-6-9-13(2)16(19)20-18-15(17)12-14-10-7-5-8-11-14/h13-14H,3-12H2,1-2H3,(H2,17,18)/t13-/m0/s1. The highest BCUT2D eigenvalue weighted by atomic mass is 16.7. The van der Waals surface area contributed by atoms with E-state index in [1.807, 2.05) is 6.92 Å². The number of oxime groups is 1. The summed E-state index contributed by atoms with van der Waals surface area (Å²) < 4.78 is 0. The zero-order valence-electron chi connectivity index (χ0n) is 13.1. The summed E-state index contributed by atoms with van der Waals surface area (Å²) in [7, 11) is 0. The highest BCUT2D eigenvalue weighted by Crippen LogP contribution is 2.26. The maximum atomic E-state index is 11.7. The Bertz CT molecular complexity index is 310. The molecule has 0 aromatic heterocycles. The summed E-state index contributed by atoms with van der Waals surface area (Å²) >= 11 is 0. The third kappa shape index (κ3) is 6.92. The van der Waals surface area contributed by atoms with E-state index in [1.165, 1.54) is 32.1 Å². The van der Waals surface area contributed by atoms with Crippen molar-refractivity contribution in [1.29, 1.82) is 0 Å². The SMILES string of the molecule is CCCCC[C@H](C)C(=O)ON=C(N)CC1CCCCC1. The van der Waals surface area contributed by atoms with Gasteiger partial charge in [-0.3, -0.25) is 0 Å². The number of rotatable bonds is 8. The minimum absolute atomic E-state index is 0.0900. The third-order valence-electron chi connectivity index (χ3n) is 4.12. The van der Waals surface area contributed by atoms with E-state index in [2.05, 4.69) is 12.1 Å². The molecular formula is C16H30N2O2. The largest absolute Gasteiger partial charge is 0.384 e. The van der Waals surface area contributed by atoms with Gasteiger partial charge in [-0.05, 0) is 12.3 Å². The molecule has 0 aliphatic heterocycles.